The molecule has 1 fully saturated rings. The fraction of sp³-hybridized carbons (Fsp3) is 0.545. The molecule has 1 aliphatic carbocycles. The lowest BCUT2D eigenvalue weighted by Crippen LogP contribution is -2.33. The number of hydrogen-bond donors (Lipinski definition) is 2. The van der Waals surface area contributed by atoms with Crippen molar-refractivity contribution in [2.24, 2.45) is 0 Å². The molecule has 0 amide bonds. The summed E-state index contributed by atoms with van der Waals surface area (Å²) in [6.07, 6.45) is 3.90. The van der Waals surface area contributed by atoms with Crippen LogP contribution in [0.3, 0.4) is 0 Å². The highest BCUT2D eigenvalue weighted by atomic mass is 32.2. The van der Waals surface area contributed by atoms with Crippen molar-refractivity contribution in [2.45, 2.75) is 36.3 Å². The van der Waals surface area contributed by atoms with Crippen molar-refractivity contribution in [3.63, 3.8) is 0 Å². The van der Waals surface area contributed by atoms with E-state index in [0.717, 1.165) is 12.8 Å². The first-order chi connectivity index (χ1) is 8.51. The molecule has 0 radical (unpaired) electrons. The van der Waals surface area contributed by atoms with Crippen LogP contribution in [0.25, 0.3) is 0 Å². The van der Waals surface area contributed by atoms with E-state index in [1.165, 1.54) is 18.3 Å². The van der Waals surface area contributed by atoms with Gasteiger partial charge in [-0.15, -0.1) is 0 Å². The maximum absolute atomic E-state index is 12.1. The van der Waals surface area contributed by atoms with Gasteiger partial charge in [-0.25, -0.2) is 18.1 Å². The van der Waals surface area contributed by atoms with Crippen LogP contribution >= 0.6 is 0 Å². The Kier molecular flexibility index (Phi) is 3.84. The van der Waals surface area contributed by atoms with Gasteiger partial charge in [-0.3, -0.25) is 0 Å². The Morgan fingerprint density at radius 3 is 2.89 bits per heavy atom. The van der Waals surface area contributed by atoms with Crippen molar-refractivity contribution in [1.82, 2.24) is 9.71 Å². The minimum atomic E-state index is -3.52. The van der Waals surface area contributed by atoms with E-state index in [-0.39, 0.29) is 22.9 Å². The van der Waals surface area contributed by atoms with Gasteiger partial charge in [0.25, 0.3) is 0 Å². The molecule has 2 rings (SSSR count). The summed E-state index contributed by atoms with van der Waals surface area (Å²) >= 11 is 0. The zero-order valence-electron chi connectivity index (χ0n) is 10.2. The van der Waals surface area contributed by atoms with Gasteiger partial charge < -0.3 is 10.5 Å². The monoisotopic (exact) mass is 271 g/mol. The second-order valence-corrected chi connectivity index (χ2v) is 6.12. The Hall–Kier alpha value is -1.18. The number of anilines is 1. The van der Waals surface area contributed by atoms with Crippen molar-refractivity contribution >= 4 is 15.8 Å². The number of nitrogens with zero attached hydrogens (tertiary/aromatic N) is 1. The van der Waals surface area contributed by atoms with Crippen LogP contribution in [0.15, 0.2) is 23.2 Å². The van der Waals surface area contributed by atoms with E-state index in [2.05, 4.69) is 9.71 Å². The number of nitrogen functional groups attached to an aromatic ring is 1. The standard InChI is InChI=1S/C11H17N3O3S/c1-17-9-3-2-8(6-9)14-18(15,16)10-4-5-13-11(12)7-10/h4-5,7-9,14H,2-3,6H2,1H3,(H2,12,13). The first-order valence-electron chi connectivity index (χ1n) is 5.78. The molecule has 0 spiro atoms. The molecule has 1 aliphatic rings. The number of ether oxygens (including phenoxy) is 1. The first-order valence-corrected chi connectivity index (χ1v) is 7.26. The molecular formula is C11H17N3O3S. The molecule has 1 aromatic heterocycles. The molecule has 6 nitrogen and oxygen atoms in total. The lowest BCUT2D eigenvalue weighted by molar-refractivity contribution is 0.107. The number of pyridine rings is 1. The van der Waals surface area contributed by atoms with Crippen LogP contribution in [-0.2, 0) is 14.8 Å². The summed E-state index contributed by atoms with van der Waals surface area (Å²) in [6.45, 7) is 0. The number of nitrogens with one attached hydrogen (secondary N) is 1. The smallest absolute Gasteiger partial charge is 0.241 e. The topological polar surface area (TPSA) is 94.3 Å². The van der Waals surface area contributed by atoms with E-state index in [9.17, 15) is 8.42 Å². The molecule has 1 heterocycles. The molecule has 18 heavy (non-hydrogen) atoms. The van der Waals surface area contributed by atoms with E-state index in [1.807, 2.05) is 0 Å². The Bertz CT molecular complexity index is 518. The molecule has 1 aromatic rings. The maximum atomic E-state index is 12.1. The predicted octanol–water partition coefficient (Wildman–Crippen LogP) is 0.510. The number of methoxy groups -OCH3 is 1. The lowest BCUT2D eigenvalue weighted by Gasteiger charge is -2.13. The molecule has 2 unspecified atom stereocenters. The number of sulfonamides is 1. The third kappa shape index (κ3) is 2.98. The van der Waals surface area contributed by atoms with E-state index in [1.54, 1.807) is 7.11 Å². The van der Waals surface area contributed by atoms with Gasteiger partial charge in [0, 0.05) is 25.4 Å². The third-order valence-corrected chi connectivity index (χ3v) is 4.62. The van der Waals surface area contributed by atoms with Crippen LogP contribution < -0.4 is 10.5 Å². The molecule has 2 atom stereocenters. The van der Waals surface area contributed by atoms with Gasteiger partial charge in [0.15, 0.2) is 0 Å². The summed E-state index contributed by atoms with van der Waals surface area (Å²) in [5.74, 6) is 0.194. The van der Waals surface area contributed by atoms with Crippen LogP contribution in [-0.4, -0.2) is 32.7 Å². The SMILES string of the molecule is COC1CCC(NS(=O)(=O)c2ccnc(N)c2)C1. The summed E-state index contributed by atoms with van der Waals surface area (Å²) in [6, 6.07) is 2.71. The second-order valence-electron chi connectivity index (χ2n) is 4.41. The average molecular weight is 271 g/mol. The van der Waals surface area contributed by atoms with Crippen LogP contribution in [0.2, 0.25) is 0 Å². The fourth-order valence-electron chi connectivity index (χ4n) is 2.14. The summed E-state index contributed by atoms with van der Waals surface area (Å²) in [4.78, 5) is 3.92. The number of rotatable bonds is 4. The summed E-state index contributed by atoms with van der Waals surface area (Å²) in [5, 5.41) is 0. The Labute approximate surface area is 107 Å². The van der Waals surface area contributed by atoms with Crippen LogP contribution in [0.5, 0.6) is 0 Å². The molecule has 3 N–H and O–H groups in total. The van der Waals surface area contributed by atoms with Crippen molar-refractivity contribution < 1.29 is 13.2 Å². The van der Waals surface area contributed by atoms with Crippen LogP contribution in [0, 0.1) is 0 Å². The fourth-order valence-corrected chi connectivity index (χ4v) is 3.45. The summed E-state index contributed by atoms with van der Waals surface area (Å²) in [7, 11) is -1.88. The molecular weight excluding hydrogens is 254 g/mol. The van der Waals surface area contributed by atoms with Gasteiger partial charge in [0.2, 0.25) is 10.0 Å². The van der Waals surface area contributed by atoms with Crippen molar-refractivity contribution in [3.05, 3.63) is 18.3 Å². The number of aromatic nitrogens is 1. The molecule has 0 aromatic carbocycles. The maximum Gasteiger partial charge on any atom is 0.241 e. The normalized spacial score (nSPS) is 24.3. The zero-order valence-corrected chi connectivity index (χ0v) is 11.0. The van der Waals surface area contributed by atoms with Gasteiger partial charge in [-0.2, -0.15) is 0 Å². The molecule has 7 heteroatoms. The highest BCUT2D eigenvalue weighted by Crippen LogP contribution is 2.23. The Balaban J connectivity index is 2.09. The molecule has 100 valence electrons. The first kappa shape index (κ1) is 13.3. The van der Waals surface area contributed by atoms with Crippen molar-refractivity contribution in [3.8, 4) is 0 Å². The van der Waals surface area contributed by atoms with Crippen molar-refractivity contribution in [1.29, 1.82) is 0 Å². The molecule has 0 saturated heterocycles. The zero-order chi connectivity index (χ0) is 13.2. The predicted molar refractivity (Wildman–Crippen MR) is 67.4 cm³/mol. The average Bonchev–Trinajstić information content (AvgIpc) is 2.76. The summed E-state index contributed by atoms with van der Waals surface area (Å²) < 4.78 is 32.1. The van der Waals surface area contributed by atoms with Gasteiger partial charge in [0.1, 0.15) is 5.82 Å². The van der Waals surface area contributed by atoms with E-state index < -0.39 is 10.0 Å². The van der Waals surface area contributed by atoms with E-state index in [0.29, 0.717) is 6.42 Å². The van der Waals surface area contributed by atoms with E-state index >= 15 is 0 Å². The Morgan fingerprint density at radius 1 is 1.50 bits per heavy atom. The number of nitrogens with two attached hydrogens (primary N) is 1. The molecule has 0 aliphatic heterocycles. The highest BCUT2D eigenvalue weighted by molar-refractivity contribution is 7.89. The summed E-state index contributed by atoms with van der Waals surface area (Å²) in [5.41, 5.74) is 5.48. The van der Waals surface area contributed by atoms with Gasteiger partial charge >= 0.3 is 0 Å². The second kappa shape index (κ2) is 5.21. The van der Waals surface area contributed by atoms with Crippen LogP contribution in [0.4, 0.5) is 5.82 Å². The number of hydrogen-bond acceptors (Lipinski definition) is 5. The molecule has 0 bridgehead atoms. The molecule has 1 saturated carbocycles. The quantitative estimate of drug-likeness (QED) is 0.832. The van der Waals surface area contributed by atoms with Crippen molar-refractivity contribution in [2.75, 3.05) is 12.8 Å². The lowest BCUT2D eigenvalue weighted by atomic mass is 10.3. The largest absolute Gasteiger partial charge is 0.384 e. The minimum Gasteiger partial charge on any atom is -0.384 e. The van der Waals surface area contributed by atoms with Crippen LogP contribution in [0.1, 0.15) is 19.3 Å². The highest BCUT2D eigenvalue weighted by Gasteiger charge is 2.28. The van der Waals surface area contributed by atoms with Gasteiger partial charge in [0.05, 0.1) is 11.0 Å². The van der Waals surface area contributed by atoms with Gasteiger partial charge in [-0.05, 0) is 25.3 Å². The Morgan fingerprint density at radius 2 is 2.28 bits per heavy atom. The minimum absolute atomic E-state index is 0.0747. The third-order valence-electron chi connectivity index (χ3n) is 3.10. The van der Waals surface area contributed by atoms with E-state index in [4.69, 9.17) is 10.5 Å². The van der Waals surface area contributed by atoms with Gasteiger partial charge in [-0.1, -0.05) is 0 Å².